The van der Waals surface area contributed by atoms with Crippen molar-refractivity contribution < 1.29 is 78.2 Å². The van der Waals surface area contributed by atoms with Crippen LogP contribution in [0, 0.1) is 0 Å². The van der Waals surface area contributed by atoms with Crippen LogP contribution >= 0.6 is 23.5 Å². The van der Waals surface area contributed by atoms with E-state index in [0.717, 1.165) is 0 Å². The molecule has 0 aromatic carbocycles. The van der Waals surface area contributed by atoms with Gasteiger partial charge in [0.1, 0.15) is 0 Å². The van der Waals surface area contributed by atoms with Crippen LogP contribution in [0.3, 0.4) is 0 Å². The molecule has 0 spiro atoms. The van der Waals surface area contributed by atoms with Crippen molar-refractivity contribution in [1.82, 2.24) is 0 Å². The van der Waals surface area contributed by atoms with E-state index in [1.165, 1.54) is 0 Å². The van der Waals surface area contributed by atoms with Gasteiger partial charge in [-0.2, -0.15) is 0 Å². The Bertz CT molecular complexity index is 292. The van der Waals surface area contributed by atoms with E-state index in [9.17, 15) is 0 Å². The fourth-order valence-corrected chi connectivity index (χ4v) is 0. The molecule has 25 heavy (non-hydrogen) atoms. The molecule has 0 heterocycles. The van der Waals surface area contributed by atoms with Crippen molar-refractivity contribution in [1.29, 1.82) is 0 Å². The SMILES string of the molecule is O.O=C(O)O.O=P(O)(O)O.O=P(O)(O)O.O=P(O)(O)O.[CaH2].[CaH2].[CaH2].[CaH2].[CaH2]. The van der Waals surface area contributed by atoms with Gasteiger partial charge in [0.05, 0.1) is 0 Å². The van der Waals surface area contributed by atoms with Crippen LogP contribution in [-0.4, -0.2) is 255 Å². The zero-order chi connectivity index (χ0) is 17.1. The minimum atomic E-state index is -4.64. The number of phosphoric acid groups is 3. The van der Waals surface area contributed by atoms with Crippen LogP contribution in [0.4, 0.5) is 4.79 Å². The van der Waals surface area contributed by atoms with Crippen LogP contribution in [0.25, 0.3) is 0 Å². The summed E-state index contributed by atoms with van der Waals surface area (Å²) >= 11 is 0. The summed E-state index contributed by atoms with van der Waals surface area (Å²) in [5.74, 6) is 0. The summed E-state index contributed by atoms with van der Waals surface area (Å²) in [5.41, 5.74) is 0. The van der Waals surface area contributed by atoms with E-state index in [1.54, 1.807) is 0 Å². The summed E-state index contributed by atoms with van der Waals surface area (Å²) in [7, 11) is -13.9. The van der Waals surface area contributed by atoms with E-state index >= 15 is 0 Å². The van der Waals surface area contributed by atoms with Gasteiger partial charge in [-0.05, 0) is 0 Å². The molecule has 0 radical (unpaired) electrons. The fourth-order valence-electron chi connectivity index (χ4n) is 0. The van der Waals surface area contributed by atoms with Gasteiger partial charge >= 0.3 is 218 Å². The van der Waals surface area contributed by atoms with Crippen molar-refractivity contribution in [2.75, 3.05) is 0 Å². The first-order chi connectivity index (χ1) is 7.73. The topological polar surface area (TPSA) is 322 Å². The van der Waals surface area contributed by atoms with E-state index in [-0.39, 0.29) is 194 Å². The first kappa shape index (κ1) is 63.2. The van der Waals surface area contributed by atoms with E-state index in [1.807, 2.05) is 0 Å². The molecule has 0 aliphatic heterocycles. The second kappa shape index (κ2) is 34.5. The molecule has 13 N–H and O–H groups in total. The maximum atomic E-state index is 8.88. The van der Waals surface area contributed by atoms with Gasteiger partial charge in [0, 0.05) is 0 Å². The molecule has 0 saturated carbocycles. The third-order valence-corrected chi connectivity index (χ3v) is 0. The van der Waals surface area contributed by atoms with Crippen LogP contribution in [0.5, 0.6) is 0 Å². The minimum absolute atomic E-state index is 0. The van der Waals surface area contributed by atoms with Gasteiger partial charge in [-0.1, -0.05) is 0 Å². The van der Waals surface area contributed by atoms with Crippen molar-refractivity contribution in [2.24, 2.45) is 0 Å². The number of hydrogen-bond acceptors (Lipinski definition) is 4. The molecule has 16 nitrogen and oxygen atoms in total. The first-order valence-electron chi connectivity index (χ1n) is 3.00. The molecule has 0 amide bonds. The molecule has 0 aliphatic rings. The molecule has 0 aliphatic carbocycles. The first-order valence-corrected chi connectivity index (χ1v) is 7.69. The maximum absolute atomic E-state index is 8.88. The van der Waals surface area contributed by atoms with Crippen molar-refractivity contribution in [3.05, 3.63) is 0 Å². The van der Waals surface area contributed by atoms with Crippen LogP contribution in [-0.2, 0) is 13.7 Å². The molecule has 24 heteroatoms. The zero-order valence-electron chi connectivity index (χ0n) is 8.89. The predicted molar refractivity (Wildman–Crippen MR) is 99.8 cm³/mol. The van der Waals surface area contributed by atoms with E-state index in [2.05, 4.69) is 0 Å². The normalized spacial score (nSPS) is 8.04. The van der Waals surface area contributed by atoms with Gasteiger partial charge in [-0.15, -0.1) is 0 Å². The number of carboxylic acid groups (broad SMARTS) is 2. The zero-order valence-corrected chi connectivity index (χ0v) is 11.6. The molecule has 0 aromatic rings. The van der Waals surface area contributed by atoms with Gasteiger partial charge in [0.15, 0.2) is 0 Å². The monoisotopic (exact) mass is 584 g/mol. The van der Waals surface area contributed by atoms with Crippen LogP contribution in [0.15, 0.2) is 0 Å². The standard InChI is InChI=1S/CH2O3.5Ca.3H3O4P.H2O.10H/c2-1(3)4;;;;;;3*1-5(2,3)4;;;;;;;;;;;/h(H2,2,3,4);;;;;;3*(H3,1,2,3,4);1H2;;;;;;;;;;. The van der Waals surface area contributed by atoms with Crippen molar-refractivity contribution >= 4 is 218 Å². The van der Waals surface area contributed by atoms with Gasteiger partial charge in [-0.25, -0.2) is 18.5 Å². The Morgan fingerprint density at radius 1 is 0.480 bits per heavy atom. The van der Waals surface area contributed by atoms with Crippen molar-refractivity contribution in [2.45, 2.75) is 0 Å². The summed E-state index contributed by atoms with van der Waals surface area (Å²) in [6, 6.07) is 0. The molecule has 0 bridgehead atoms. The second-order valence-electron chi connectivity index (χ2n) is 1.82. The molecule has 0 aromatic heterocycles. The Hall–Kier alpha value is 5.86. The second-order valence-corrected chi connectivity index (χ2v) is 4.90. The average Bonchev–Trinajstić information content (AvgIpc) is 1.66. The molecule has 0 unspecified atom stereocenters. The quantitative estimate of drug-likeness (QED) is 0.0930. The molecule has 148 valence electrons. The van der Waals surface area contributed by atoms with Gasteiger partial charge in [0.2, 0.25) is 0 Å². The van der Waals surface area contributed by atoms with E-state index in [4.69, 9.17) is 72.7 Å². The molecule has 0 saturated heterocycles. The van der Waals surface area contributed by atoms with Crippen LogP contribution in [0.1, 0.15) is 0 Å². The molecular weight excluding hydrogens is 561 g/mol. The van der Waals surface area contributed by atoms with Crippen LogP contribution in [0.2, 0.25) is 0 Å². The van der Waals surface area contributed by atoms with E-state index in [0.29, 0.717) is 0 Å². The number of hydrogen-bond donors (Lipinski definition) is 11. The fraction of sp³-hybridized carbons (Fsp3) is 0. The number of carbonyl (C=O) groups is 1. The Balaban J connectivity index is -0.0000000139. The summed E-state index contributed by atoms with van der Waals surface area (Å²) in [5, 5.41) is 13.9. The predicted octanol–water partition coefficient (Wildman–Crippen LogP) is -7.97. The third kappa shape index (κ3) is 675. The summed E-state index contributed by atoms with van der Waals surface area (Å²) in [6.45, 7) is 0. The molecular formula is CH23Ca5O16P3. The van der Waals surface area contributed by atoms with Gasteiger partial charge in [-0.3, -0.25) is 0 Å². The Labute approximate surface area is 289 Å². The summed E-state index contributed by atoms with van der Waals surface area (Å²) < 4.78 is 26.6. The average molecular weight is 584 g/mol. The van der Waals surface area contributed by atoms with Gasteiger partial charge < -0.3 is 59.7 Å². The number of rotatable bonds is 0. The third-order valence-electron chi connectivity index (χ3n) is 0. The van der Waals surface area contributed by atoms with E-state index < -0.39 is 29.6 Å². The van der Waals surface area contributed by atoms with Gasteiger partial charge in [0.25, 0.3) is 0 Å². The Morgan fingerprint density at radius 2 is 0.480 bits per heavy atom. The van der Waals surface area contributed by atoms with Crippen molar-refractivity contribution in [3.8, 4) is 0 Å². The van der Waals surface area contributed by atoms with Crippen LogP contribution < -0.4 is 0 Å². The molecule has 0 rings (SSSR count). The molecule has 0 atom stereocenters. The summed E-state index contributed by atoms with van der Waals surface area (Å²) in [6.07, 6.45) is -1.83. The Morgan fingerprint density at radius 3 is 0.480 bits per heavy atom. The summed E-state index contributed by atoms with van der Waals surface area (Å²) in [4.78, 5) is 73.2. The Kier molecular flexibility index (Phi) is 87.2. The molecule has 0 fully saturated rings. The van der Waals surface area contributed by atoms with Crippen molar-refractivity contribution in [3.63, 3.8) is 0 Å².